The second kappa shape index (κ2) is 19.1. The predicted octanol–water partition coefficient (Wildman–Crippen LogP) is 4.60. The number of ketones is 1. The van der Waals surface area contributed by atoms with Gasteiger partial charge in [0, 0.05) is 16.5 Å². The number of carboxylic acid groups (broad SMARTS) is 1. The van der Waals surface area contributed by atoms with E-state index in [0.29, 0.717) is 42.1 Å². The van der Waals surface area contributed by atoms with Crippen LogP contribution in [0, 0.1) is 0 Å². The van der Waals surface area contributed by atoms with Gasteiger partial charge >= 0.3 is 35.7 Å². The first-order chi connectivity index (χ1) is 23.8. The summed E-state index contributed by atoms with van der Waals surface area (Å²) in [4.78, 5) is 35.9. The zero-order chi connectivity index (χ0) is 36.4. The van der Waals surface area contributed by atoms with Crippen LogP contribution in [-0.4, -0.2) is 33.8 Å². The molecule has 4 rings (SSSR count). The van der Waals surface area contributed by atoms with E-state index in [1.807, 2.05) is 13.0 Å². The van der Waals surface area contributed by atoms with Crippen molar-refractivity contribution < 1.29 is 76.8 Å². The van der Waals surface area contributed by atoms with Crippen molar-refractivity contribution in [1.29, 1.82) is 0 Å². The number of allylic oxidation sites excluding steroid dienone is 3. The molecular formula is C38H36F3NaO8S. The first-order valence-corrected chi connectivity index (χ1v) is 16.8. The molecule has 0 unspecified atom stereocenters. The number of unbranched alkanes of at least 4 members (excludes halogenated alkanes) is 2. The van der Waals surface area contributed by atoms with Crippen molar-refractivity contribution in [2.45, 2.75) is 68.4 Å². The summed E-state index contributed by atoms with van der Waals surface area (Å²) in [5.74, 6) is -2.03. The van der Waals surface area contributed by atoms with Gasteiger partial charge in [0.05, 0.1) is 34.5 Å². The van der Waals surface area contributed by atoms with E-state index in [9.17, 15) is 42.9 Å². The SMILES string of the molecule is CCCc1c(OCCCC/C=C\C=C\[C@H](Sc2ccc3c(=O)cc(C(=O)[O-])oc3c2)[C@H](O)c2cccc(C(F)(F)F)c2)ccc(C(C)=O)c1O.[Na+]. The molecule has 8 nitrogen and oxygen atoms in total. The first-order valence-electron chi connectivity index (χ1n) is 15.9. The summed E-state index contributed by atoms with van der Waals surface area (Å²) in [6.07, 6.45) is 4.50. The summed E-state index contributed by atoms with van der Waals surface area (Å²) in [6.45, 7) is 3.77. The van der Waals surface area contributed by atoms with Crippen LogP contribution in [0.15, 0.2) is 99.1 Å². The molecule has 0 fully saturated rings. The van der Waals surface area contributed by atoms with Crippen LogP contribution in [0.1, 0.15) is 83.2 Å². The third-order valence-electron chi connectivity index (χ3n) is 7.73. The van der Waals surface area contributed by atoms with Crippen molar-refractivity contribution in [2.24, 2.45) is 0 Å². The number of aliphatic hydroxyl groups excluding tert-OH is 1. The van der Waals surface area contributed by atoms with Crippen molar-refractivity contribution in [2.75, 3.05) is 6.61 Å². The molecule has 0 spiro atoms. The van der Waals surface area contributed by atoms with E-state index in [-0.39, 0.29) is 63.2 Å². The zero-order valence-electron chi connectivity index (χ0n) is 28.4. The number of ether oxygens (including phenoxy) is 1. The first kappa shape index (κ1) is 41.6. The van der Waals surface area contributed by atoms with Crippen molar-refractivity contribution in [3.05, 3.63) is 123 Å². The molecule has 0 radical (unpaired) electrons. The van der Waals surface area contributed by atoms with E-state index in [2.05, 4.69) is 0 Å². The minimum Gasteiger partial charge on any atom is -0.542 e. The van der Waals surface area contributed by atoms with Gasteiger partial charge in [0.2, 0.25) is 0 Å². The molecule has 2 atom stereocenters. The van der Waals surface area contributed by atoms with Crippen LogP contribution < -0.4 is 44.8 Å². The van der Waals surface area contributed by atoms with Crippen LogP contribution in [-0.2, 0) is 12.6 Å². The number of halogens is 3. The van der Waals surface area contributed by atoms with Crippen molar-refractivity contribution in [3.8, 4) is 11.5 Å². The number of benzene rings is 3. The maximum Gasteiger partial charge on any atom is 1.00 e. The monoisotopic (exact) mass is 732 g/mol. The Bertz CT molecular complexity index is 1950. The number of hydrogen-bond donors (Lipinski definition) is 2. The number of carbonyl (C=O) groups is 2. The number of alkyl halides is 3. The average molecular weight is 733 g/mol. The Morgan fingerprint density at radius 2 is 1.82 bits per heavy atom. The van der Waals surface area contributed by atoms with E-state index in [4.69, 9.17) is 9.15 Å². The number of hydrogen-bond acceptors (Lipinski definition) is 9. The molecule has 0 saturated carbocycles. The number of phenols is 1. The number of aliphatic hydroxyl groups is 1. The Labute approximate surface area is 319 Å². The molecule has 0 bridgehead atoms. The molecule has 0 aliphatic rings. The smallest absolute Gasteiger partial charge is 0.542 e. The quantitative estimate of drug-likeness (QED) is 0.0557. The number of carboxylic acids is 1. The predicted molar refractivity (Wildman–Crippen MR) is 183 cm³/mol. The van der Waals surface area contributed by atoms with Gasteiger partial charge in [0.1, 0.15) is 23.1 Å². The Balaban J connectivity index is 0.00000702. The van der Waals surface area contributed by atoms with E-state index in [1.165, 1.54) is 31.2 Å². The van der Waals surface area contributed by atoms with Gasteiger partial charge in [-0.05, 0) is 80.6 Å². The van der Waals surface area contributed by atoms with E-state index >= 15 is 0 Å². The van der Waals surface area contributed by atoms with Crippen LogP contribution in [0.25, 0.3) is 11.0 Å². The maximum absolute atomic E-state index is 13.4. The molecule has 264 valence electrons. The molecule has 0 amide bonds. The maximum atomic E-state index is 13.4. The number of phenolic OH excluding ortho intramolecular Hbond substituents is 1. The third kappa shape index (κ3) is 11.3. The van der Waals surface area contributed by atoms with Gasteiger partial charge in [-0.25, -0.2) is 0 Å². The van der Waals surface area contributed by atoms with Crippen LogP contribution in [0.4, 0.5) is 13.2 Å². The second-order valence-electron chi connectivity index (χ2n) is 11.5. The number of rotatable bonds is 16. The molecule has 1 heterocycles. The van der Waals surface area contributed by atoms with Crippen LogP contribution in [0.2, 0.25) is 0 Å². The molecule has 0 aliphatic heterocycles. The number of Topliss-reactive ketones (excluding diaryl/α,β-unsaturated/α-hetero) is 1. The largest absolute Gasteiger partial charge is 1.00 e. The van der Waals surface area contributed by atoms with Gasteiger partial charge in [0.25, 0.3) is 0 Å². The van der Waals surface area contributed by atoms with Crippen LogP contribution in [0.3, 0.4) is 0 Å². The zero-order valence-corrected chi connectivity index (χ0v) is 31.2. The Hall–Kier alpha value is -3.81. The minimum atomic E-state index is -4.60. The summed E-state index contributed by atoms with van der Waals surface area (Å²) in [5, 5.41) is 32.4. The molecule has 2 N–H and O–H groups in total. The summed E-state index contributed by atoms with van der Waals surface area (Å²) < 4.78 is 51.5. The number of thioether (sulfide) groups is 1. The van der Waals surface area contributed by atoms with E-state index in [0.717, 1.165) is 42.8 Å². The standard InChI is InChI=1S/C38H37F3O8S.Na/c1-3-11-29-31(18-17-27(23(2)42)36(29)45)48-19-9-7-5-4-6-8-14-34(35(44)24-12-10-13-25(20-24)38(39,40)41)50-26-15-16-28-30(43)22-33(37(46)47)49-32(28)21-26;/h4,6,8,10,12-18,20-22,34-35,44-45H,3,5,7,9,11,19H2,1-2H3,(H,46,47);/q;+1/p-1/b6-4-,14-8+;/t34-,35+;/m0./s1. The van der Waals surface area contributed by atoms with Crippen molar-refractivity contribution >= 4 is 34.5 Å². The number of aromatic carboxylic acids is 1. The average Bonchev–Trinajstić information content (AvgIpc) is 3.07. The summed E-state index contributed by atoms with van der Waals surface area (Å²) in [6, 6.07) is 12.9. The van der Waals surface area contributed by atoms with Gasteiger partial charge in [-0.3, -0.25) is 9.59 Å². The molecule has 0 aliphatic carbocycles. The van der Waals surface area contributed by atoms with Gasteiger partial charge in [-0.1, -0.05) is 49.8 Å². The van der Waals surface area contributed by atoms with Gasteiger partial charge in [0.15, 0.2) is 17.0 Å². The summed E-state index contributed by atoms with van der Waals surface area (Å²) in [7, 11) is 0. The molecular weight excluding hydrogens is 696 g/mol. The molecule has 0 saturated heterocycles. The molecule has 3 aromatic carbocycles. The van der Waals surface area contributed by atoms with Crippen LogP contribution in [0.5, 0.6) is 11.5 Å². The van der Waals surface area contributed by atoms with Gasteiger partial charge < -0.3 is 29.3 Å². The topological polar surface area (TPSA) is 137 Å². The van der Waals surface area contributed by atoms with Gasteiger partial charge in [-0.15, -0.1) is 11.8 Å². The van der Waals surface area contributed by atoms with E-state index < -0.39 is 40.3 Å². The Morgan fingerprint density at radius 1 is 1.06 bits per heavy atom. The molecule has 13 heteroatoms. The Kier molecular flexibility index (Phi) is 15.6. The minimum absolute atomic E-state index is 0. The van der Waals surface area contributed by atoms with Crippen LogP contribution >= 0.6 is 11.8 Å². The molecule has 1 aromatic heterocycles. The Morgan fingerprint density at radius 3 is 2.51 bits per heavy atom. The fraction of sp³-hybridized carbons (Fsp3) is 0.289. The number of aromatic hydroxyl groups is 1. The second-order valence-corrected chi connectivity index (χ2v) is 12.7. The summed E-state index contributed by atoms with van der Waals surface area (Å²) >= 11 is 1.09. The summed E-state index contributed by atoms with van der Waals surface area (Å²) in [5.41, 5.74) is -0.583. The van der Waals surface area contributed by atoms with Crippen molar-refractivity contribution in [3.63, 3.8) is 0 Å². The molecule has 51 heavy (non-hydrogen) atoms. The van der Waals surface area contributed by atoms with E-state index in [1.54, 1.807) is 36.4 Å². The number of fused-ring (bicyclic) bond motifs is 1. The normalized spacial score (nSPS) is 13.0. The fourth-order valence-electron chi connectivity index (χ4n) is 5.19. The van der Waals surface area contributed by atoms with Crippen molar-refractivity contribution in [1.82, 2.24) is 0 Å². The fourth-order valence-corrected chi connectivity index (χ4v) is 6.28. The van der Waals surface area contributed by atoms with Gasteiger partial charge in [-0.2, -0.15) is 13.2 Å². The third-order valence-corrected chi connectivity index (χ3v) is 8.94. The number of carbonyl (C=O) groups excluding carboxylic acids is 2. The molecule has 4 aromatic rings.